The molecule has 0 aliphatic rings. The third kappa shape index (κ3) is 5.27. The summed E-state index contributed by atoms with van der Waals surface area (Å²) in [6, 6.07) is 0. The van der Waals surface area contributed by atoms with Crippen LogP contribution in [0.15, 0.2) is 0 Å². The fourth-order valence-electron chi connectivity index (χ4n) is 0. The van der Waals surface area contributed by atoms with E-state index in [0.717, 1.165) is 0 Å². The van der Waals surface area contributed by atoms with Crippen molar-refractivity contribution in [2.45, 2.75) is 12.3 Å². The molecule has 0 saturated carbocycles. The summed E-state index contributed by atoms with van der Waals surface area (Å²) in [6.45, 7) is 1.19. The standard InChI is InChI=1S/C2H7NO3S.Ca.2H/c1-2(3)7(4,5)6;;;/h2H,3H2,1H3,(H,4,5,6);;;. The van der Waals surface area contributed by atoms with Gasteiger partial charge in [0.1, 0.15) is 5.37 Å². The van der Waals surface area contributed by atoms with Crippen LogP contribution in [0.25, 0.3) is 0 Å². The van der Waals surface area contributed by atoms with Crippen molar-refractivity contribution >= 4 is 47.9 Å². The van der Waals surface area contributed by atoms with Gasteiger partial charge in [0.05, 0.1) is 0 Å². The molecule has 48 valence electrons. The van der Waals surface area contributed by atoms with Crippen LogP contribution >= 0.6 is 0 Å². The molecule has 0 amide bonds. The summed E-state index contributed by atoms with van der Waals surface area (Å²) in [5, 5.41) is -1.17. The summed E-state index contributed by atoms with van der Waals surface area (Å²) < 4.78 is 27.5. The third-order valence-corrected chi connectivity index (χ3v) is 1.41. The van der Waals surface area contributed by atoms with Crippen molar-refractivity contribution in [2.75, 3.05) is 0 Å². The zero-order chi connectivity index (χ0) is 6.08. The van der Waals surface area contributed by atoms with E-state index in [1.54, 1.807) is 0 Å². The van der Waals surface area contributed by atoms with E-state index in [4.69, 9.17) is 10.3 Å². The predicted octanol–water partition coefficient (Wildman–Crippen LogP) is -1.74. The molecule has 0 radical (unpaired) electrons. The summed E-state index contributed by atoms with van der Waals surface area (Å²) >= 11 is 0. The molecule has 0 fully saturated rings. The van der Waals surface area contributed by atoms with Crippen LogP contribution in [0.1, 0.15) is 6.92 Å². The Bertz CT molecular complexity index is 139. The fourth-order valence-corrected chi connectivity index (χ4v) is 0. The molecule has 0 aromatic heterocycles. The molecule has 0 spiro atoms. The molecule has 6 heteroatoms. The molecule has 0 rings (SSSR count). The van der Waals surface area contributed by atoms with E-state index in [1.165, 1.54) is 6.92 Å². The van der Waals surface area contributed by atoms with E-state index in [2.05, 4.69) is 0 Å². The van der Waals surface area contributed by atoms with Gasteiger partial charge in [0.2, 0.25) is 0 Å². The van der Waals surface area contributed by atoms with Crippen LogP contribution in [-0.2, 0) is 10.1 Å². The Morgan fingerprint density at radius 1 is 1.62 bits per heavy atom. The average Bonchev–Trinajstić information content (AvgIpc) is 1.31. The second-order valence-corrected chi connectivity index (χ2v) is 2.99. The Labute approximate surface area is 78.2 Å². The first-order valence-electron chi connectivity index (χ1n) is 1.66. The van der Waals surface area contributed by atoms with Crippen LogP contribution in [0.5, 0.6) is 0 Å². The molecular weight excluding hydrogens is 158 g/mol. The molecule has 0 aliphatic heterocycles. The van der Waals surface area contributed by atoms with Gasteiger partial charge in [-0.25, -0.2) is 0 Å². The second-order valence-electron chi connectivity index (χ2n) is 1.22. The molecule has 0 heterocycles. The van der Waals surface area contributed by atoms with Crippen molar-refractivity contribution in [1.29, 1.82) is 0 Å². The van der Waals surface area contributed by atoms with Crippen LogP contribution in [0.4, 0.5) is 0 Å². The quantitative estimate of drug-likeness (QED) is 0.359. The summed E-state index contributed by atoms with van der Waals surface area (Å²) in [5.41, 5.74) is 4.73. The van der Waals surface area contributed by atoms with Gasteiger partial charge in [-0.1, -0.05) is 0 Å². The van der Waals surface area contributed by atoms with E-state index in [-0.39, 0.29) is 37.7 Å². The summed E-state index contributed by atoms with van der Waals surface area (Å²) in [6.07, 6.45) is 0. The second kappa shape index (κ2) is 4.03. The first-order valence-corrected chi connectivity index (χ1v) is 3.17. The van der Waals surface area contributed by atoms with Gasteiger partial charge in [-0.05, 0) is 6.92 Å². The van der Waals surface area contributed by atoms with Gasteiger partial charge in [0.15, 0.2) is 0 Å². The fraction of sp³-hybridized carbons (Fsp3) is 1.00. The molecule has 0 aromatic carbocycles. The topological polar surface area (TPSA) is 80.4 Å². The minimum absolute atomic E-state index is 0. The van der Waals surface area contributed by atoms with E-state index >= 15 is 0 Å². The Morgan fingerprint density at radius 3 is 1.75 bits per heavy atom. The zero-order valence-corrected chi connectivity index (χ0v) is 4.64. The first kappa shape index (κ1) is 11.9. The van der Waals surface area contributed by atoms with Gasteiger partial charge in [-0.15, -0.1) is 0 Å². The molecule has 1 atom stereocenters. The zero-order valence-electron chi connectivity index (χ0n) is 3.83. The summed E-state index contributed by atoms with van der Waals surface area (Å²) in [5.74, 6) is 0. The monoisotopic (exact) mass is 167 g/mol. The molecule has 0 bridgehead atoms. The van der Waals surface area contributed by atoms with Crippen LogP contribution in [0, 0.1) is 0 Å². The van der Waals surface area contributed by atoms with Gasteiger partial charge in [-0.3, -0.25) is 4.55 Å². The van der Waals surface area contributed by atoms with Gasteiger partial charge < -0.3 is 5.73 Å². The SMILES string of the molecule is CC(N)S(=O)(=O)O.[CaH2]. The normalized spacial score (nSPS) is 14.4. The molecule has 0 aromatic rings. The van der Waals surface area contributed by atoms with Gasteiger partial charge in [0.25, 0.3) is 10.1 Å². The predicted molar refractivity (Wildman–Crippen MR) is 33.7 cm³/mol. The molecule has 4 nitrogen and oxygen atoms in total. The van der Waals surface area contributed by atoms with Crippen molar-refractivity contribution in [3.63, 3.8) is 0 Å². The van der Waals surface area contributed by atoms with Gasteiger partial charge in [0, 0.05) is 0 Å². The Morgan fingerprint density at radius 2 is 1.75 bits per heavy atom. The van der Waals surface area contributed by atoms with Crippen molar-refractivity contribution in [2.24, 2.45) is 5.73 Å². The van der Waals surface area contributed by atoms with E-state index < -0.39 is 15.5 Å². The molecular formula is C2H9CaNO3S. The molecule has 1 unspecified atom stereocenters. The van der Waals surface area contributed by atoms with E-state index in [1.807, 2.05) is 0 Å². The average molecular weight is 167 g/mol. The Hall–Kier alpha value is 1.13. The van der Waals surface area contributed by atoms with Crippen LogP contribution in [0.2, 0.25) is 0 Å². The van der Waals surface area contributed by atoms with Crippen LogP contribution in [0.3, 0.4) is 0 Å². The molecule has 0 saturated heterocycles. The van der Waals surface area contributed by atoms with E-state index in [0.29, 0.717) is 0 Å². The Kier molecular flexibility index (Phi) is 5.98. The summed E-state index contributed by atoms with van der Waals surface area (Å²) in [4.78, 5) is 0. The third-order valence-electron chi connectivity index (χ3n) is 0.470. The maximum absolute atomic E-state index is 9.76. The van der Waals surface area contributed by atoms with Crippen molar-refractivity contribution in [1.82, 2.24) is 0 Å². The maximum atomic E-state index is 9.76. The van der Waals surface area contributed by atoms with Crippen LogP contribution < -0.4 is 5.73 Å². The molecule has 8 heavy (non-hydrogen) atoms. The van der Waals surface area contributed by atoms with Crippen molar-refractivity contribution < 1.29 is 13.0 Å². The first-order chi connectivity index (χ1) is 2.94. The Balaban J connectivity index is 0. The van der Waals surface area contributed by atoms with Gasteiger partial charge in [-0.2, -0.15) is 8.42 Å². The molecule has 3 N–H and O–H groups in total. The van der Waals surface area contributed by atoms with Crippen molar-refractivity contribution in [3.8, 4) is 0 Å². The summed E-state index contributed by atoms with van der Waals surface area (Å²) in [7, 11) is -3.96. The van der Waals surface area contributed by atoms with E-state index in [9.17, 15) is 8.42 Å². The number of nitrogens with two attached hydrogens (primary N) is 1. The number of hydrogen-bond acceptors (Lipinski definition) is 3. The molecule has 0 aliphatic carbocycles. The van der Waals surface area contributed by atoms with Gasteiger partial charge >= 0.3 is 37.7 Å². The number of hydrogen-bond donors (Lipinski definition) is 2. The number of rotatable bonds is 1. The van der Waals surface area contributed by atoms with Crippen LogP contribution in [-0.4, -0.2) is 56.1 Å². The van der Waals surface area contributed by atoms with Crippen molar-refractivity contribution in [3.05, 3.63) is 0 Å². The minimum atomic E-state index is -3.96.